The number of benzene rings is 2. The van der Waals surface area contributed by atoms with Crippen LogP contribution in [0, 0.1) is 5.92 Å². The number of ketones is 1. The summed E-state index contributed by atoms with van der Waals surface area (Å²) in [4.78, 5) is 26.4. The number of nitrogens with zero attached hydrogens (tertiary/aromatic N) is 1. The number of Topliss-reactive ketones (excluding diaryl/α,β-unsaturated/α-hetero) is 1. The Balaban J connectivity index is 1.42. The molecule has 0 spiro atoms. The number of amides is 1. The highest BCUT2D eigenvalue weighted by Gasteiger charge is 2.21. The number of likely N-dealkylation sites (tertiary alicyclic amines) is 1. The predicted molar refractivity (Wildman–Crippen MR) is 119 cm³/mol. The van der Waals surface area contributed by atoms with Crippen molar-refractivity contribution in [2.24, 2.45) is 5.92 Å². The Morgan fingerprint density at radius 2 is 1.93 bits per heavy atom. The van der Waals surface area contributed by atoms with Crippen LogP contribution in [-0.4, -0.2) is 36.8 Å². The van der Waals surface area contributed by atoms with E-state index in [1.54, 1.807) is 14.0 Å². The Kier molecular flexibility index (Phi) is 8.03. The van der Waals surface area contributed by atoms with Crippen LogP contribution in [0.25, 0.3) is 0 Å². The molecule has 0 unspecified atom stereocenters. The first kappa shape index (κ1) is 22.0. The summed E-state index contributed by atoms with van der Waals surface area (Å²) in [5.74, 6) is 1.55. The van der Waals surface area contributed by atoms with Crippen molar-refractivity contribution in [2.45, 2.75) is 45.7 Å². The number of nitrogens with one attached hydrogen (secondary N) is 1. The van der Waals surface area contributed by atoms with Gasteiger partial charge in [0.05, 0.1) is 7.11 Å². The van der Waals surface area contributed by atoms with Crippen molar-refractivity contribution in [3.8, 4) is 5.75 Å². The molecule has 1 heterocycles. The molecule has 30 heavy (non-hydrogen) atoms. The van der Waals surface area contributed by atoms with Gasteiger partial charge in [-0.1, -0.05) is 30.3 Å². The Bertz CT molecular complexity index is 865. The van der Waals surface area contributed by atoms with Gasteiger partial charge < -0.3 is 10.1 Å². The highest BCUT2D eigenvalue weighted by Crippen LogP contribution is 2.23. The van der Waals surface area contributed by atoms with Crippen molar-refractivity contribution in [3.05, 3.63) is 65.2 Å². The van der Waals surface area contributed by atoms with Crippen LogP contribution < -0.4 is 10.1 Å². The van der Waals surface area contributed by atoms with Gasteiger partial charge >= 0.3 is 0 Å². The number of piperidine rings is 1. The lowest BCUT2D eigenvalue weighted by atomic mass is 9.93. The monoisotopic (exact) mass is 408 g/mol. The molecule has 1 aliphatic heterocycles. The van der Waals surface area contributed by atoms with Gasteiger partial charge in [-0.25, -0.2) is 0 Å². The van der Waals surface area contributed by atoms with E-state index >= 15 is 0 Å². The van der Waals surface area contributed by atoms with Gasteiger partial charge in [0.2, 0.25) is 5.91 Å². The highest BCUT2D eigenvalue weighted by atomic mass is 16.5. The SMILES string of the molecule is COc1cccc(CNC(=O)CC[C@H]2CCCN(Cc3cccc(C(C)=O)c3)C2)c1. The Morgan fingerprint density at radius 1 is 1.13 bits per heavy atom. The first-order valence-corrected chi connectivity index (χ1v) is 10.8. The standard InChI is InChI=1S/C25H32N2O3/c1-19(28)23-9-3-7-22(14-23)18-27-13-5-8-20(17-27)11-12-25(29)26-16-21-6-4-10-24(15-21)30-2/h3-4,6-7,9-10,14-15,20H,5,8,11-13,16-18H2,1-2H3,(H,26,29)/t20-/m1/s1. The lowest BCUT2D eigenvalue weighted by Gasteiger charge is -2.32. The van der Waals surface area contributed by atoms with Gasteiger partial charge in [0, 0.05) is 31.6 Å². The summed E-state index contributed by atoms with van der Waals surface area (Å²) in [6.07, 6.45) is 3.80. The molecule has 2 aromatic rings. The Labute approximate surface area is 179 Å². The van der Waals surface area contributed by atoms with Gasteiger partial charge in [0.1, 0.15) is 5.75 Å². The van der Waals surface area contributed by atoms with E-state index in [0.29, 0.717) is 18.9 Å². The zero-order valence-electron chi connectivity index (χ0n) is 18.0. The molecule has 0 saturated carbocycles. The van der Waals surface area contributed by atoms with Gasteiger partial charge in [-0.3, -0.25) is 14.5 Å². The van der Waals surface area contributed by atoms with Crippen molar-refractivity contribution in [3.63, 3.8) is 0 Å². The number of hydrogen-bond acceptors (Lipinski definition) is 4. The number of ether oxygens (including phenoxy) is 1. The molecule has 3 rings (SSSR count). The minimum atomic E-state index is 0.101. The molecule has 1 fully saturated rings. The van der Waals surface area contributed by atoms with Gasteiger partial charge in [0.15, 0.2) is 5.78 Å². The second-order valence-corrected chi connectivity index (χ2v) is 8.17. The van der Waals surface area contributed by atoms with E-state index in [4.69, 9.17) is 4.74 Å². The Hall–Kier alpha value is -2.66. The molecule has 160 valence electrons. The minimum Gasteiger partial charge on any atom is -0.497 e. The number of rotatable bonds is 9. The highest BCUT2D eigenvalue weighted by molar-refractivity contribution is 5.94. The number of carbonyl (C=O) groups is 2. The lowest BCUT2D eigenvalue weighted by Crippen LogP contribution is -2.35. The molecule has 2 aromatic carbocycles. The summed E-state index contributed by atoms with van der Waals surface area (Å²) in [5, 5.41) is 3.02. The number of carbonyl (C=O) groups excluding carboxylic acids is 2. The molecular formula is C25H32N2O3. The van der Waals surface area contributed by atoms with Crippen molar-refractivity contribution < 1.29 is 14.3 Å². The largest absolute Gasteiger partial charge is 0.497 e. The fourth-order valence-corrected chi connectivity index (χ4v) is 4.08. The molecule has 0 aromatic heterocycles. The van der Waals surface area contributed by atoms with Gasteiger partial charge in [-0.05, 0) is 68.0 Å². The molecular weight excluding hydrogens is 376 g/mol. The van der Waals surface area contributed by atoms with Crippen molar-refractivity contribution >= 4 is 11.7 Å². The van der Waals surface area contributed by atoms with E-state index < -0.39 is 0 Å². The summed E-state index contributed by atoms with van der Waals surface area (Å²) in [7, 11) is 1.64. The van der Waals surface area contributed by atoms with E-state index in [1.807, 2.05) is 42.5 Å². The normalized spacial score (nSPS) is 16.8. The third-order valence-electron chi connectivity index (χ3n) is 5.75. The zero-order valence-corrected chi connectivity index (χ0v) is 18.0. The second-order valence-electron chi connectivity index (χ2n) is 8.17. The summed E-state index contributed by atoms with van der Waals surface area (Å²) in [6, 6.07) is 15.7. The maximum absolute atomic E-state index is 12.3. The molecule has 0 aliphatic carbocycles. The quantitative estimate of drug-likeness (QED) is 0.632. The van der Waals surface area contributed by atoms with Crippen LogP contribution in [0.1, 0.15) is 54.1 Å². The fraction of sp³-hybridized carbons (Fsp3) is 0.440. The molecule has 1 atom stereocenters. The average Bonchev–Trinajstić information content (AvgIpc) is 2.77. The van der Waals surface area contributed by atoms with Crippen molar-refractivity contribution in [2.75, 3.05) is 20.2 Å². The van der Waals surface area contributed by atoms with Crippen LogP contribution in [0.2, 0.25) is 0 Å². The third kappa shape index (κ3) is 6.70. The molecule has 1 aliphatic rings. The number of hydrogen-bond donors (Lipinski definition) is 1. The summed E-state index contributed by atoms with van der Waals surface area (Å²) in [6.45, 7) is 5.07. The molecule has 1 amide bonds. The van der Waals surface area contributed by atoms with E-state index in [0.717, 1.165) is 49.4 Å². The van der Waals surface area contributed by atoms with E-state index in [9.17, 15) is 9.59 Å². The van der Waals surface area contributed by atoms with E-state index in [1.165, 1.54) is 12.0 Å². The average molecular weight is 409 g/mol. The van der Waals surface area contributed by atoms with Gasteiger partial charge in [0.25, 0.3) is 0 Å². The molecule has 1 saturated heterocycles. The zero-order chi connectivity index (χ0) is 21.3. The maximum atomic E-state index is 12.3. The van der Waals surface area contributed by atoms with Crippen LogP contribution in [0.3, 0.4) is 0 Å². The molecule has 5 heteroatoms. The smallest absolute Gasteiger partial charge is 0.220 e. The predicted octanol–water partition coefficient (Wildman–Crippen LogP) is 4.21. The van der Waals surface area contributed by atoms with Crippen molar-refractivity contribution in [1.82, 2.24) is 10.2 Å². The number of methoxy groups -OCH3 is 1. The third-order valence-corrected chi connectivity index (χ3v) is 5.75. The molecule has 0 radical (unpaired) electrons. The summed E-state index contributed by atoms with van der Waals surface area (Å²) >= 11 is 0. The maximum Gasteiger partial charge on any atom is 0.220 e. The first-order chi connectivity index (χ1) is 14.5. The summed E-state index contributed by atoms with van der Waals surface area (Å²) < 4.78 is 5.23. The van der Waals surface area contributed by atoms with Crippen LogP contribution in [0.4, 0.5) is 0 Å². The lowest BCUT2D eigenvalue weighted by molar-refractivity contribution is -0.121. The van der Waals surface area contributed by atoms with Gasteiger partial charge in [-0.2, -0.15) is 0 Å². The summed E-state index contributed by atoms with van der Waals surface area (Å²) in [5.41, 5.74) is 2.99. The van der Waals surface area contributed by atoms with E-state index in [-0.39, 0.29) is 11.7 Å². The Morgan fingerprint density at radius 3 is 2.73 bits per heavy atom. The van der Waals surface area contributed by atoms with Gasteiger partial charge in [-0.15, -0.1) is 0 Å². The molecule has 0 bridgehead atoms. The topological polar surface area (TPSA) is 58.6 Å². The van der Waals surface area contributed by atoms with Crippen molar-refractivity contribution in [1.29, 1.82) is 0 Å². The fourth-order valence-electron chi connectivity index (χ4n) is 4.08. The minimum absolute atomic E-state index is 0.101. The second kappa shape index (κ2) is 10.9. The van der Waals surface area contributed by atoms with Crippen LogP contribution in [0.5, 0.6) is 5.75 Å². The molecule has 1 N–H and O–H groups in total. The van der Waals surface area contributed by atoms with Crippen LogP contribution in [0.15, 0.2) is 48.5 Å². The first-order valence-electron chi connectivity index (χ1n) is 10.8. The molecule has 5 nitrogen and oxygen atoms in total. The van der Waals surface area contributed by atoms with E-state index in [2.05, 4.69) is 16.3 Å². The van der Waals surface area contributed by atoms with Crippen LogP contribution >= 0.6 is 0 Å². The van der Waals surface area contributed by atoms with Crippen LogP contribution in [-0.2, 0) is 17.9 Å².